The van der Waals surface area contributed by atoms with Gasteiger partial charge in [0, 0.05) is 28.5 Å². The quantitative estimate of drug-likeness (QED) is 0.724. The molecule has 0 spiro atoms. The van der Waals surface area contributed by atoms with E-state index in [2.05, 4.69) is 15.3 Å². The number of anilines is 2. The number of halogens is 3. The van der Waals surface area contributed by atoms with Crippen LogP contribution in [0.4, 0.5) is 24.1 Å². The van der Waals surface area contributed by atoms with Gasteiger partial charge in [0.05, 0.1) is 5.69 Å². The van der Waals surface area contributed by atoms with Crippen LogP contribution in [0.1, 0.15) is 11.4 Å². The minimum Gasteiger partial charge on any atom is -0.339 e. The van der Waals surface area contributed by atoms with Gasteiger partial charge in [-0.15, -0.1) is 11.3 Å². The summed E-state index contributed by atoms with van der Waals surface area (Å²) in [7, 11) is 0. The fourth-order valence-electron chi connectivity index (χ4n) is 2.48. The first kappa shape index (κ1) is 16.5. The second-order valence-corrected chi connectivity index (χ2v) is 6.22. The predicted molar refractivity (Wildman–Crippen MR) is 88.6 cm³/mol. The zero-order valence-electron chi connectivity index (χ0n) is 13.1. The number of pyridine rings is 1. The van der Waals surface area contributed by atoms with Crippen LogP contribution in [0.15, 0.2) is 35.8 Å². The lowest BCUT2D eigenvalue weighted by atomic mass is 10.2. The molecule has 0 saturated carbocycles. The summed E-state index contributed by atoms with van der Waals surface area (Å²) < 4.78 is 39.4. The predicted octanol–water partition coefficient (Wildman–Crippen LogP) is 4.93. The van der Waals surface area contributed by atoms with E-state index in [1.54, 1.807) is 26.1 Å². The molecule has 0 amide bonds. The maximum absolute atomic E-state index is 12.7. The number of rotatable bonds is 4. The van der Waals surface area contributed by atoms with Gasteiger partial charge in [0.2, 0.25) is 0 Å². The third-order valence-electron chi connectivity index (χ3n) is 3.59. The van der Waals surface area contributed by atoms with Crippen molar-refractivity contribution in [1.29, 1.82) is 0 Å². The molecular weight excluding hydrogens is 337 g/mol. The molecule has 8 heteroatoms. The van der Waals surface area contributed by atoms with E-state index in [4.69, 9.17) is 0 Å². The van der Waals surface area contributed by atoms with Crippen LogP contribution in [-0.4, -0.2) is 20.7 Å². The Hall–Kier alpha value is -2.35. The number of aromatic nitrogens is 3. The van der Waals surface area contributed by atoms with E-state index in [1.807, 2.05) is 23.6 Å². The van der Waals surface area contributed by atoms with E-state index >= 15 is 0 Å². The highest BCUT2D eigenvalue weighted by Gasteiger charge is 2.30. The fourth-order valence-corrected chi connectivity index (χ4v) is 3.20. The number of hydrogen-bond donors (Lipinski definition) is 1. The number of nitrogens with zero attached hydrogens (tertiary/aromatic N) is 3. The maximum Gasteiger partial charge on any atom is 0.406 e. The Morgan fingerprint density at radius 3 is 2.71 bits per heavy atom. The van der Waals surface area contributed by atoms with Gasteiger partial charge >= 0.3 is 6.18 Å². The van der Waals surface area contributed by atoms with Gasteiger partial charge in [-0.2, -0.15) is 13.2 Å². The second-order valence-electron chi connectivity index (χ2n) is 5.36. The Kier molecular flexibility index (Phi) is 4.31. The summed E-state index contributed by atoms with van der Waals surface area (Å²) in [4.78, 5) is 8.62. The van der Waals surface area contributed by atoms with Crippen molar-refractivity contribution in [2.24, 2.45) is 0 Å². The van der Waals surface area contributed by atoms with Crippen LogP contribution in [0.5, 0.6) is 0 Å². The Morgan fingerprint density at radius 1 is 1.25 bits per heavy atom. The number of thiazole rings is 1. The first-order valence-electron chi connectivity index (χ1n) is 7.21. The van der Waals surface area contributed by atoms with Gasteiger partial charge in [-0.25, -0.2) is 9.97 Å². The summed E-state index contributed by atoms with van der Waals surface area (Å²) in [6.07, 6.45) is -2.58. The van der Waals surface area contributed by atoms with Gasteiger partial charge < -0.3 is 9.88 Å². The summed E-state index contributed by atoms with van der Waals surface area (Å²) in [5.41, 5.74) is 2.48. The normalized spacial score (nSPS) is 11.7. The molecule has 3 aromatic heterocycles. The molecule has 3 aromatic rings. The smallest absolute Gasteiger partial charge is 0.339 e. The Morgan fingerprint density at radius 2 is 2.04 bits per heavy atom. The van der Waals surface area contributed by atoms with Crippen LogP contribution < -0.4 is 5.32 Å². The summed E-state index contributed by atoms with van der Waals surface area (Å²) in [6.45, 7) is 2.36. The van der Waals surface area contributed by atoms with E-state index in [-0.39, 0.29) is 0 Å². The molecule has 0 aliphatic rings. The topological polar surface area (TPSA) is 42.7 Å². The van der Waals surface area contributed by atoms with Crippen molar-refractivity contribution >= 4 is 22.3 Å². The Bertz CT molecular complexity index is 837. The van der Waals surface area contributed by atoms with E-state index < -0.39 is 12.7 Å². The van der Waals surface area contributed by atoms with Crippen LogP contribution in [0.25, 0.3) is 11.3 Å². The second kappa shape index (κ2) is 6.27. The molecule has 0 saturated heterocycles. The summed E-state index contributed by atoms with van der Waals surface area (Å²) in [6, 6.07) is 7.22. The SMILES string of the molecule is Cc1cc(-c2csc(Nc3ccccn3)n2)c(C)n1CC(F)(F)F. The van der Waals surface area contributed by atoms with Gasteiger partial charge in [0.1, 0.15) is 12.4 Å². The fraction of sp³-hybridized carbons (Fsp3) is 0.250. The lowest BCUT2D eigenvalue weighted by Gasteiger charge is -2.12. The molecule has 4 nitrogen and oxygen atoms in total. The first-order chi connectivity index (χ1) is 11.3. The van der Waals surface area contributed by atoms with E-state index in [0.29, 0.717) is 33.6 Å². The minimum absolute atomic E-state index is 0.555. The van der Waals surface area contributed by atoms with Gasteiger partial charge in [0.25, 0.3) is 0 Å². The standard InChI is InChI=1S/C16H15F3N4S/c1-10-7-12(11(2)23(10)9-16(17,18)19)13-8-24-15(21-13)22-14-5-3-4-6-20-14/h3-8H,9H2,1-2H3,(H,20,21,22). The largest absolute Gasteiger partial charge is 0.406 e. The number of hydrogen-bond acceptors (Lipinski definition) is 4. The molecule has 0 aliphatic heterocycles. The molecule has 1 N–H and O–H groups in total. The molecule has 3 rings (SSSR count). The van der Waals surface area contributed by atoms with Gasteiger partial charge in [-0.05, 0) is 32.0 Å². The Labute approximate surface area is 141 Å². The van der Waals surface area contributed by atoms with Crippen molar-refractivity contribution in [1.82, 2.24) is 14.5 Å². The molecular formula is C16H15F3N4S. The monoisotopic (exact) mass is 352 g/mol. The summed E-state index contributed by atoms with van der Waals surface area (Å²) >= 11 is 1.38. The highest BCUT2D eigenvalue weighted by molar-refractivity contribution is 7.14. The van der Waals surface area contributed by atoms with Crippen molar-refractivity contribution in [3.63, 3.8) is 0 Å². The highest BCUT2D eigenvalue weighted by atomic mass is 32.1. The zero-order valence-corrected chi connectivity index (χ0v) is 13.9. The van der Waals surface area contributed by atoms with E-state index in [9.17, 15) is 13.2 Å². The molecule has 0 radical (unpaired) electrons. The number of alkyl halides is 3. The molecule has 0 atom stereocenters. The first-order valence-corrected chi connectivity index (χ1v) is 8.09. The van der Waals surface area contributed by atoms with Crippen molar-refractivity contribution in [2.45, 2.75) is 26.6 Å². The molecule has 0 unspecified atom stereocenters. The summed E-state index contributed by atoms with van der Waals surface area (Å²) in [5, 5.41) is 5.55. The molecule has 0 aliphatic carbocycles. The average molecular weight is 352 g/mol. The van der Waals surface area contributed by atoms with Gasteiger partial charge in [-0.1, -0.05) is 6.07 Å². The average Bonchev–Trinajstić information content (AvgIpc) is 3.07. The molecule has 0 bridgehead atoms. The van der Waals surface area contributed by atoms with Crippen LogP contribution in [-0.2, 0) is 6.54 Å². The van der Waals surface area contributed by atoms with Crippen LogP contribution in [0.3, 0.4) is 0 Å². The maximum atomic E-state index is 12.7. The van der Waals surface area contributed by atoms with Crippen molar-refractivity contribution in [3.8, 4) is 11.3 Å². The third kappa shape index (κ3) is 3.59. The lowest BCUT2D eigenvalue weighted by molar-refractivity contribution is -0.141. The molecule has 126 valence electrons. The van der Waals surface area contributed by atoms with E-state index in [1.165, 1.54) is 15.9 Å². The van der Waals surface area contributed by atoms with Crippen molar-refractivity contribution in [3.05, 3.63) is 47.2 Å². The molecule has 3 heterocycles. The number of nitrogens with one attached hydrogen (secondary N) is 1. The minimum atomic E-state index is -4.25. The van der Waals surface area contributed by atoms with Crippen LogP contribution in [0, 0.1) is 13.8 Å². The van der Waals surface area contributed by atoms with Crippen LogP contribution in [0.2, 0.25) is 0 Å². The van der Waals surface area contributed by atoms with E-state index in [0.717, 1.165) is 0 Å². The van der Waals surface area contributed by atoms with Crippen molar-refractivity contribution < 1.29 is 13.2 Å². The molecule has 0 fully saturated rings. The van der Waals surface area contributed by atoms with Gasteiger partial charge in [0.15, 0.2) is 5.13 Å². The molecule has 24 heavy (non-hydrogen) atoms. The summed E-state index contributed by atoms with van der Waals surface area (Å²) in [5.74, 6) is 0.668. The van der Waals surface area contributed by atoms with Gasteiger partial charge in [-0.3, -0.25) is 0 Å². The Balaban J connectivity index is 1.87. The third-order valence-corrected chi connectivity index (χ3v) is 4.35. The van der Waals surface area contributed by atoms with Crippen molar-refractivity contribution in [2.75, 3.05) is 5.32 Å². The highest BCUT2D eigenvalue weighted by Crippen LogP contribution is 2.32. The molecule has 0 aromatic carbocycles. The lowest BCUT2D eigenvalue weighted by Crippen LogP contribution is -2.19. The zero-order chi connectivity index (χ0) is 17.3. The van der Waals surface area contributed by atoms with Crippen LogP contribution >= 0.6 is 11.3 Å². The number of aryl methyl sites for hydroxylation is 1.